The van der Waals surface area contributed by atoms with E-state index in [1.165, 1.54) is 0 Å². The van der Waals surface area contributed by atoms with Gasteiger partial charge in [-0.1, -0.05) is 6.42 Å². The van der Waals surface area contributed by atoms with Gasteiger partial charge < -0.3 is 10.5 Å². The summed E-state index contributed by atoms with van der Waals surface area (Å²) in [5, 5.41) is 7.40. The largest absolute Gasteiger partial charge is 0.474 e. The first-order valence-corrected chi connectivity index (χ1v) is 6.47. The number of nitrogens with one attached hydrogen (secondary N) is 1. The van der Waals surface area contributed by atoms with Crippen molar-refractivity contribution >= 4 is 5.84 Å². The van der Waals surface area contributed by atoms with Gasteiger partial charge in [0.25, 0.3) is 0 Å². The molecule has 0 saturated heterocycles. The van der Waals surface area contributed by atoms with Crippen molar-refractivity contribution in [2.24, 2.45) is 5.73 Å². The van der Waals surface area contributed by atoms with Gasteiger partial charge in [-0.25, -0.2) is 4.98 Å². The lowest BCUT2D eigenvalue weighted by atomic mass is 9.98. The number of alkyl halides is 3. The minimum atomic E-state index is -4.54. The first-order chi connectivity index (χ1) is 9.38. The molecule has 2 rings (SSSR count). The second kappa shape index (κ2) is 5.68. The highest BCUT2D eigenvalue weighted by Gasteiger charge is 2.34. The van der Waals surface area contributed by atoms with Gasteiger partial charge in [0.15, 0.2) is 0 Å². The Bertz CT molecular complexity index is 496. The summed E-state index contributed by atoms with van der Waals surface area (Å²) in [6, 6.07) is 1.95. The van der Waals surface area contributed by atoms with Crippen LogP contribution < -0.4 is 10.5 Å². The van der Waals surface area contributed by atoms with E-state index in [-0.39, 0.29) is 23.4 Å². The van der Waals surface area contributed by atoms with Crippen LogP contribution in [0.3, 0.4) is 0 Å². The lowest BCUT2D eigenvalue weighted by Gasteiger charge is -2.23. The van der Waals surface area contributed by atoms with Gasteiger partial charge in [0, 0.05) is 0 Å². The summed E-state index contributed by atoms with van der Waals surface area (Å²) in [5.41, 5.74) is 4.43. The average Bonchev–Trinajstić information content (AvgIpc) is 2.38. The number of nitrogen functional groups attached to an aromatic ring is 1. The van der Waals surface area contributed by atoms with Crippen LogP contribution in [-0.2, 0) is 6.18 Å². The molecule has 0 aliphatic heterocycles. The summed E-state index contributed by atoms with van der Waals surface area (Å²) < 4.78 is 43.6. The fourth-order valence-electron chi connectivity index (χ4n) is 2.23. The van der Waals surface area contributed by atoms with Gasteiger partial charge in [0.2, 0.25) is 5.88 Å². The third-order valence-corrected chi connectivity index (χ3v) is 3.27. The number of nitrogens with zero attached hydrogens (tertiary/aromatic N) is 1. The maximum absolute atomic E-state index is 12.7. The number of halogens is 3. The minimum absolute atomic E-state index is 0.101. The van der Waals surface area contributed by atoms with Crippen LogP contribution in [0.2, 0.25) is 0 Å². The molecule has 0 spiro atoms. The maximum atomic E-state index is 12.7. The van der Waals surface area contributed by atoms with Crippen LogP contribution in [0.25, 0.3) is 0 Å². The molecule has 20 heavy (non-hydrogen) atoms. The Morgan fingerprint density at radius 2 is 1.90 bits per heavy atom. The van der Waals surface area contributed by atoms with Crippen LogP contribution in [0.1, 0.15) is 43.4 Å². The molecule has 4 nitrogen and oxygen atoms in total. The van der Waals surface area contributed by atoms with E-state index in [0.717, 1.165) is 44.2 Å². The van der Waals surface area contributed by atoms with E-state index in [0.29, 0.717) is 0 Å². The van der Waals surface area contributed by atoms with E-state index in [9.17, 15) is 13.2 Å². The van der Waals surface area contributed by atoms with Crippen molar-refractivity contribution in [1.29, 1.82) is 5.41 Å². The second-order valence-electron chi connectivity index (χ2n) is 4.84. The predicted octanol–water partition coefficient (Wildman–Crippen LogP) is 3.10. The number of pyridine rings is 1. The molecule has 1 fully saturated rings. The molecule has 0 amide bonds. The molecule has 1 heterocycles. The zero-order valence-corrected chi connectivity index (χ0v) is 10.8. The zero-order valence-electron chi connectivity index (χ0n) is 10.8. The molecular weight excluding hydrogens is 271 g/mol. The van der Waals surface area contributed by atoms with Crippen molar-refractivity contribution in [1.82, 2.24) is 4.98 Å². The Morgan fingerprint density at radius 1 is 1.25 bits per heavy atom. The molecule has 1 aliphatic rings. The van der Waals surface area contributed by atoms with Crippen molar-refractivity contribution in [2.45, 2.75) is 44.4 Å². The SMILES string of the molecule is N=C(N)c1ccc(C(F)(F)F)nc1OC1CCCCC1. The highest BCUT2D eigenvalue weighted by atomic mass is 19.4. The highest BCUT2D eigenvalue weighted by molar-refractivity contribution is 5.97. The lowest BCUT2D eigenvalue weighted by Crippen LogP contribution is -2.24. The highest BCUT2D eigenvalue weighted by Crippen LogP contribution is 2.31. The molecule has 1 aromatic heterocycles. The summed E-state index contributed by atoms with van der Waals surface area (Å²) in [6.07, 6.45) is -0.0456. The maximum Gasteiger partial charge on any atom is 0.433 e. The molecule has 3 N–H and O–H groups in total. The minimum Gasteiger partial charge on any atom is -0.474 e. The third kappa shape index (κ3) is 3.40. The van der Waals surface area contributed by atoms with Crippen LogP contribution in [-0.4, -0.2) is 16.9 Å². The molecule has 1 saturated carbocycles. The lowest BCUT2D eigenvalue weighted by molar-refractivity contribution is -0.141. The van der Waals surface area contributed by atoms with Crippen LogP contribution in [0.15, 0.2) is 12.1 Å². The van der Waals surface area contributed by atoms with Crippen molar-refractivity contribution < 1.29 is 17.9 Å². The Balaban J connectivity index is 2.29. The normalized spacial score (nSPS) is 16.9. The fraction of sp³-hybridized carbons (Fsp3) is 0.538. The van der Waals surface area contributed by atoms with E-state index in [1.54, 1.807) is 0 Å². The molecule has 7 heteroatoms. The van der Waals surface area contributed by atoms with Gasteiger partial charge in [-0.15, -0.1) is 0 Å². The standard InChI is InChI=1S/C13H16F3N3O/c14-13(15,16)10-7-6-9(11(17)18)12(19-10)20-8-4-2-1-3-5-8/h6-8H,1-5H2,(H3,17,18). The predicted molar refractivity (Wildman–Crippen MR) is 67.8 cm³/mol. The summed E-state index contributed by atoms with van der Waals surface area (Å²) in [4.78, 5) is 3.49. The molecule has 0 aromatic carbocycles. The number of ether oxygens (including phenoxy) is 1. The van der Waals surface area contributed by atoms with E-state index >= 15 is 0 Å². The number of hydrogen-bond acceptors (Lipinski definition) is 3. The van der Waals surface area contributed by atoms with E-state index < -0.39 is 11.9 Å². The third-order valence-electron chi connectivity index (χ3n) is 3.27. The van der Waals surface area contributed by atoms with E-state index in [4.69, 9.17) is 15.9 Å². The van der Waals surface area contributed by atoms with E-state index in [2.05, 4.69) is 4.98 Å². The topological polar surface area (TPSA) is 72.0 Å². The quantitative estimate of drug-likeness (QED) is 0.663. The molecule has 110 valence electrons. The van der Waals surface area contributed by atoms with Gasteiger partial charge >= 0.3 is 6.18 Å². The fourth-order valence-corrected chi connectivity index (χ4v) is 2.23. The average molecular weight is 287 g/mol. The van der Waals surface area contributed by atoms with Crippen LogP contribution in [0.4, 0.5) is 13.2 Å². The summed E-state index contributed by atoms with van der Waals surface area (Å²) in [5.74, 6) is -0.545. The smallest absolute Gasteiger partial charge is 0.433 e. The van der Waals surface area contributed by atoms with Gasteiger partial charge in [-0.05, 0) is 37.8 Å². The van der Waals surface area contributed by atoms with E-state index in [1.807, 2.05) is 0 Å². The van der Waals surface area contributed by atoms with Crippen molar-refractivity contribution in [3.8, 4) is 5.88 Å². The van der Waals surface area contributed by atoms with Crippen LogP contribution in [0, 0.1) is 5.41 Å². The van der Waals surface area contributed by atoms with Gasteiger partial charge in [-0.3, -0.25) is 5.41 Å². The Labute approximate surface area is 114 Å². The number of hydrogen-bond donors (Lipinski definition) is 2. The second-order valence-corrected chi connectivity index (χ2v) is 4.84. The summed E-state index contributed by atoms with van der Waals surface area (Å²) in [6.45, 7) is 0. The molecule has 0 bridgehead atoms. The number of amidine groups is 1. The molecule has 0 unspecified atom stereocenters. The first kappa shape index (κ1) is 14.6. The molecule has 0 radical (unpaired) electrons. The Morgan fingerprint density at radius 3 is 2.45 bits per heavy atom. The monoisotopic (exact) mass is 287 g/mol. The zero-order chi connectivity index (χ0) is 14.8. The van der Waals surface area contributed by atoms with Crippen molar-refractivity contribution in [2.75, 3.05) is 0 Å². The number of aromatic nitrogens is 1. The van der Waals surface area contributed by atoms with Crippen molar-refractivity contribution in [3.63, 3.8) is 0 Å². The Hall–Kier alpha value is -1.79. The van der Waals surface area contributed by atoms with Gasteiger partial charge in [0.1, 0.15) is 17.6 Å². The van der Waals surface area contributed by atoms with Crippen LogP contribution in [0.5, 0.6) is 5.88 Å². The Kier molecular flexibility index (Phi) is 4.15. The molecule has 1 aromatic rings. The molecular formula is C13H16F3N3O. The van der Waals surface area contributed by atoms with Crippen molar-refractivity contribution in [3.05, 3.63) is 23.4 Å². The summed E-state index contributed by atoms with van der Waals surface area (Å²) in [7, 11) is 0. The van der Waals surface area contributed by atoms with Gasteiger partial charge in [0.05, 0.1) is 5.56 Å². The summed E-state index contributed by atoms with van der Waals surface area (Å²) >= 11 is 0. The molecule has 1 aliphatic carbocycles. The number of nitrogens with two attached hydrogens (primary N) is 1. The molecule has 0 atom stereocenters. The first-order valence-electron chi connectivity index (χ1n) is 6.47. The number of rotatable bonds is 3. The van der Waals surface area contributed by atoms with Crippen LogP contribution >= 0.6 is 0 Å². The van der Waals surface area contributed by atoms with Gasteiger partial charge in [-0.2, -0.15) is 13.2 Å².